The Morgan fingerprint density at radius 2 is 2.19 bits per heavy atom. The second kappa shape index (κ2) is 8.71. The lowest BCUT2D eigenvalue weighted by atomic mass is 10.1. The van der Waals surface area contributed by atoms with Crippen molar-refractivity contribution in [3.05, 3.63) is 46.1 Å². The summed E-state index contributed by atoms with van der Waals surface area (Å²) in [6, 6.07) is 5.76. The number of hydrogen-bond acceptors (Lipinski definition) is 5. The van der Waals surface area contributed by atoms with Gasteiger partial charge in [0.05, 0.1) is 23.9 Å². The summed E-state index contributed by atoms with van der Waals surface area (Å²) in [6.07, 6.45) is 1.90. The third-order valence-electron chi connectivity index (χ3n) is 4.51. The number of nitrogens with zero attached hydrogens (tertiary/aromatic N) is 2. The fourth-order valence-electron chi connectivity index (χ4n) is 2.92. The number of hydrogen-bond donors (Lipinski definition) is 2. The summed E-state index contributed by atoms with van der Waals surface area (Å²) in [5, 5.41) is 9.40. The van der Waals surface area contributed by atoms with Crippen LogP contribution in [0, 0.1) is 5.82 Å². The molecule has 7 nitrogen and oxygen atoms in total. The fourth-order valence-corrected chi connectivity index (χ4v) is 3.80. The molecule has 27 heavy (non-hydrogen) atoms. The normalized spacial score (nSPS) is 19.0. The minimum absolute atomic E-state index is 0.00211. The van der Waals surface area contributed by atoms with E-state index in [0.717, 1.165) is 18.4 Å². The number of H-pyrrole nitrogens is 1. The number of nitrogens with one attached hydrogen (secondary N) is 2. The monoisotopic (exact) mass is 394 g/mol. The van der Waals surface area contributed by atoms with Crippen molar-refractivity contribution in [2.24, 2.45) is 0 Å². The van der Waals surface area contributed by atoms with E-state index in [-0.39, 0.29) is 29.6 Å². The van der Waals surface area contributed by atoms with E-state index in [4.69, 9.17) is 4.74 Å². The summed E-state index contributed by atoms with van der Waals surface area (Å²) < 4.78 is 20.1. The van der Waals surface area contributed by atoms with Crippen LogP contribution in [0.1, 0.15) is 38.3 Å². The van der Waals surface area contributed by atoms with Gasteiger partial charge in [0.25, 0.3) is 0 Å². The quantitative estimate of drug-likeness (QED) is 0.703. The number of aromatic amines is 1. The number of carbonyl (C=O) groups is 1. The van der Waals surface area contributed by atoms with Gasteiger partial charge in [0.15, 0.2) is 5.16 Å². The van der Waals surface area contributed by atoms with Crippen LogP contribution in [-0.2, 0) is 16.1 Å². The molecule has 3 unspecified atom stereocenters. The highest BCUT2D eigenvalue weighted by atomic mass is 32.2. The van der Waals surface area contributed by atoms with E-state index >= 15 is 0 Å². The second-order valence-electron chi connectivity index (χ2n) is 6.60. The average Bonchev–Trinajstić information content (AvgIpc) is 3.27. The predicted molar refractivity (Wildman–Crippen MR) is 100 cm³/mol. The van der Waals surface area contributed by atoms with Crippen molar-refractivity contribution in [1.82, 2.24) is 20.1 Å². The molecule has 3 atom stereocenters. The van der Waals surface area contributed by atoms with Gasteiger partial charge in [-0.15, -0.1) is 5.10 Å². The maximum absolute atomic E-state index is 13.0. The van der Waals surface area contributed by atoms with Crippen molar-refractivity contribution in [3.8, 4) is 0 Å². The zero-order valence-corrected chi connectivity index (χ0v) is 16.1. The third-order valence-corrected chi connectivity index (χ3v) is 5.60. The van der Waals surface area contributed by atoms with E-state index < -0.39 is 5.25 Å². The highest BCUT2D eigenvalue weighted by Gasteiger charge is 2.23. The van der Waals surface area contributed by atoms with Crippen molar-refractivity contribution in [3.63, 3.8) is 0 Å². The number of halogens is 1. The van der Waals surface area contributed by atoms with Crippen molar-refractivity contribution in [2.75, 3.05) is 6.61 Å². The third kappa shape index (κ3) is 4.98. The lowest BCUT2D eigenvalue weighted by molar-refractivity contribution is -0.120. The van der Waals surface area contributed by atoms with Crippen molar-refractivity contribution < 1.29 is 13.9 Å². The summed E-state index contributed by atoms with van der Waals surface area (Å²) in [6.45, 7) is 4.73. The van der Waals surface area contributed by atoms with Crippen LogP contribution >= 0.6 is 11.8 Å². The molecule has 3 rings (SSSR count). The number of carbonyl (C=O) groups excluding carboxylic acids is 1. The molecule has 2 aromatic rings. The van der Waals surface area contributed by atoms with E-state index in [2.05, 4.69) is 15.5 Å². The largest absolute Gasteiger partial charge is 0.376 e. The summed E-state index contributed by atoms with van der Waals surface area (Å²) in [5.74, 6) is -0.500. The highest BCUT2D eigenvalue weighted by molar-refractivity contribution is 8.00. The smallest absolute Gasteiger partial charge is 0.344 e. The highest BCUT2D eigenvalue weighted by Crippen LogP contribution is 2.23. The van der Waals surface area contributed by atoms with Gasteiger partial charge in [0.1, 0.15) is 5.82 Å². The first-order valence-corrected chi connectivity index (χ1v) is 9.81. The molecule has 1 fully saturated rings. The number of ether oxygens (including phenoxy) is 1. The molecule has 0 aliphatic carbocycles. The SMILES string of the molecule is CC(Sc1n[nH]c(=O)n1CC1CCCO1)C(=O)NC(C)c1ccc(F)cc1. The van der Waals surface area contributed by atoms with E-state index in [9.17, 15) is 14.0 Å². The Balaban J connectivity index is 1.61. The van der Waals surface area contributed by atoms with Gasteiger partial charge in [-0.3, -0.25) is 9.36 Å². The Morgan fingerprint density at radius 1 is 1.44 bits per heavy atom. The van der Waals surface area contributed by atoms with Crippen LogP contribution in [0.25, 0.3) is 0 Å². The standard InChI is InChI=1S/C18H23FN4O3S/c1-11(13-5-7-14(19)8-6-13)20-16(24)12(2)27-18-22-21-17(25)23(18)10-15-4-3-9-26-15/h5-8,11-12,15H,3-4,9-10H2,1-2H3,(H,20,24)(H,21,25). The van der Waals surface area contributed by atoms with Crippen molar-refractivity contribution >= 4 is 17.7 Å². The topological polar surface area (TPSA) is 89.0 Å². The number of amides is 1. The Labute approximate surface area is 160 Å². The van der Waals surface area contributed by atoms with Crippen LogP contribution in [0.4, 0.5) is 4.39 Å². The predicted octanol–water partition coefficient (Wildman–Crippen LogP) is 2.25. The average molecular weight is 394 g/mol. The van der Waals surface area contributed by atoms with Gasteiger partial charge in [-0.1, -0.05) is 23.9 Å². The van der Waals surface area contributed by atoms with E-state index in [1.165, 1.54) is 28.5 Å². The molecule has 0 spiro atoms. The first kappa shape index (κ1) is 19.6. The number of benzene rings is 1. The van der Waals surface area contributed by atoms with Gasteiger partial charge in [-0.2, -0.15) is 0 Å². The molecule has 0 bridgehead atoms. The maximum atomic E-state index is 13.0. The molecule has 1 aromatic carbocycles. The summed E-state index contributed by atoms with van der Waals surface area (Å²) in [5.41, 5.74) is 0.511. The van der Waals surface area contributed by atoms with Crippen molar-refractivity contribution in [1.29, 1.82) is 0 Å². The van der Waals surface area contributed by atoms with E-state index in [1.807, 2.05) is 6.92 Å². The summed E-state index contributed by atoms with van der Waals surface area (Å²) >= 11 is 1.22. The van der Waals surface area contributed by atoms with Crippen LogP contribution in [0.15, 0.2) is 34.2 Å². The van der Waals surface area contributed by atoms with Gasteiger partial charge < -0.3 is 10.1 Å². The Morgan fingerprint density at radius 3 is 2.85 bits per heavy atom. The minimum atomic E-state index is -0.452. The molecule has 1 saturated heterocycles. The number of thioether (sulfide) groups is 1. The lowest BCUT2D eigenvalue weighted by Gasteiger charge is -2.18. The maximum Gasteiger partial charge on any atom is 0.344 e. The Bertz CT molecular complexity index is 830. The molecule has 1 aliphatic rings. The first-order chi connectivity index (χ1) is 12.9. The fraction of sp³-hybridized carbons (Fsp3) is 0.500. The molecule has 0 radical (unpaired) electrons. The lowest BCUT2D eigenvalue weighted by Crippen LogP contribution is -2.33. The Kier molecular flexibility index (Phi) is 6.33. The van der Waals surface area contributed by atoms with Crippen LogP contribution < -0.4 is 11.0 Å². The summed E-state index contributed by atoms with van der Waals surface area (Å²) in [4.78, 5) is 24.5. The molecule has 2 heterocycles. The van der Waals surface area contributed by atoms with E-state index in [0.29, 0.717) is 18.3 Å². The van der Waals surface area contributed by atoms with Gasteiger partial charge in [-0.25, -0.2) is 14.3 Å². The Hall–Kier alpha value is -2.13. The zero-order chi connectivity index (χ0) is 19.4. The zero-order valence-electron chi connectivity index (χ0n) is 15.3. The number of aromatic nitrogens is 3. The molecule has 0 saturated carbocycles. The molecular formula is C18H23FN4O3S. The van der Waals surface area contributed by atoms with Gasteiger partial charge in [-0.05, 0) is 44.4 Å². The summed E-state index contributed by atoms with van der Waals surface area (Å²) in [7, 11) is 0. The second-order valence-corrected chi connectivity index (χ2v) is 7.91. The van der Waals surface area contributed by atoms with Crippen molar-refractivity contribution in [2.45, 2.75) is 55.8 Å². The van der Waals surface area contributed by atoms with Crippen LogP contribution in [0.5, 0.6) is 0 Å². The van der Waals surface area contributed by atoms with Gasteiger partial charge in [0.2, 0.25) is 5.91 Å². The van der Waals surface area contributed by atoms with E-state index in [1.54, 1.807) is 19.1 Å². The molecule has 146 valence electrons. The van der Waals surface area contributed by atoms with Gasteiger partial charge in [0, 0.05) is 6.61 Å². The molecule has 2 N–H and O–H groups in total. The molecule has 1 aromatic heterocycles. The molecule has 1 aliphatic heterocycles. The number of rotatable bonds is 7. The van der Waals surface area contributed by atoms with Gasteiger partial charge >= 0.3 is 5.69 Å². The molecule has 1 amide bonds. The van der Waals surface area contributed by atoms with Crippen LogP contribution in [0.3, 0.4) is 0 Å². The molecule has 9 heteroatoms. The van der Waals surface area contributed by atoms with Crippen LogP contribution in [0.2, 0.25) is 0 Å². The molecular weight excluding hydrogens is 371 g/mol. The minimum Gasteiger partial charge on any atom is -0.376 e. The van der Waals surface area contributed by atoms with Crippen LogP contribution in [-0.4, -0.2) is 38.6 Å². The first-order valence-electron chi connectivity index (χ1n) is 8.93.